The van der Waals surface area contributed by atoms with Crippen LogP contribution >= 0.6 is 11.3 Å². The molecule has 13 atom stereocenters. The number of thiophene rings is 1. The number of nitrogens with zero attached hydrogens (tertiary/aromatic N) is 5. The fourth-order valence-electron chi connectivity index (χ4n) is 8.65. The molecule has 3 saturated heterocycles. The van der Waals surface area contributed by atoms with Crippen LogP contribution in [0, 0.1) is 23.7 Å². The van der Waals surface area contributed by atoms with Crippen LogP contribution in [0.5, 0.6) is 5.06 Å². The van der Waals surface area contributed by atoms with Crippen molar-refractivity contribution in [3.63, 3.8) is 0 Å². The van der Waals surface area contributed by atoms with Gasteiger partial charge in [0.1, 0.15) is 29.4 Å². The number of carbonyl (C=O) groups excluding carboxylic acids is 3. The van der Waals surface area contributed by atoms with Crippen LogP contribution in [0.15, 0.2) is 40.9 Å². The van der Waals surface area contributed by atoms with E-state index in [4.69, 9.17) is 28.5 Å². The predicted molar refractivity (Wildman–Crippen MR) is 220 cm³/mol. The molecule has 0 saturated carbocycles. The number of rotatable bonds is 7. The molecule has 0 spiro atoms. The molecule has 3 aliphatic rings. The number of aliphatic hydroxyl groups excluding tert-OH is 1. The molecule has 2 aromatic heterocycles. The van der Waals surface area contributed by atoms with Crippen molar-refractivity contribution in [3.8, 4) is 15.6 Å². The number of aromatic nitrogens is 2. The van der Waals surface area contributed by atoms with E-state index in [-0.39, 0.29) is 43.9 Å². The van der Waals surface area contributed by atoms with Crippen LogP contribution in [-0.2, 0) is 38.1 Å². The molecule has 326 valence electrons. The lowest BCUT2D eigenvalue weighted by molar-refractivity contribution is -0.296. The maximum atomic E-state index is 14.5. The number of likely N-dealkylation sites (N-methyl/N-ethyl adjacent to an activating group) is 1. The number of carbonyl (C=O) groups is 3. The number of aliphatic imine (C=N–C) groups is 1. The highest BCUT2D eigenvalue weighted by molar-refractivity contribution is 7.17. The van der Waals surface area contributed by atoms with E-state index in [1.165, 1.54) is 32.1 Å². The third-order valence-corrected chi connectivity index (χ3v) is 12.8. The van der Waals surface area contributed by atoms with Crippen molar-refractivity contribution in [2.75, 3.05) is 27.3 Å². The van der Waals surface area contributed by atoms with Gasteiger partial charge >= 0.3 is 5.97 Å². The quantitative estimate of drug-likeness (QED) is 0.224. The molecule has 59 heavy (non-hydrogen) atoms. The standard InChI is InChI=1S/C42H61N5O11S/c1-12-32-42(9,52)38-24(4)34(45-27(7)48)22(2)18-41(8,54-21-28(20-53-38)46-58-33-14-13-31(59-33)29-19-43-15-16-44-29)37(25(5)35(49)26(6)39(51)56-32)57-40-36(50)30(47(10)11)17-23(3)55-40/h13-16,19,22-26,30,32,36-38,40,50,52H,12,17-18,20-21H2,1-11H3/b45-34?,46-28+/t22-,23-,24+,25+,26-,30+,32-,36-,37-,38+,40+,41-,42-/m1/s1. The van der Waals surface area contributed by atoms with Gasteiger partial charge in [-0.25, -0.2) is 4.99 Å². The van der Waals surface area contributed by atoms with Gasteiger partial charge < -0.3 is 43.6 Å². The summed E-state index contributed by atoms with van der Waals surface area (Å²) in [6.45, 7) is 14.7. The first-order valence-electron chi connectivity index (χ1n) is 20.3. The van der Waals surface area contributed by atoms with E-state index in [0.29, 0.717) is 22.9 Å². The van der Waals surface area contributed by atoms with Crippen molar-refractivity contribution < 1.29 is 53.1 Å². The molecule has 1 amide bonds. The number of fused-ring (bicyclic) bond motifs is 5. The molecule has 2 aromatic rings. The Morgan fingerprint density at radius 2 is 1.81 bits per heavy atom. The van der Waals surface area contributed by atoms with Crippen LogP contribution in [0.1, 0.15) is 81.6 Å². The Morgan fingerprint density at radius 3 is 2.46 bits per heavy atom. The van der Waals surface area contributed by atoms with Crippen molar-refractivity contribution in [2.24, 2.45) is 33.8 Å². The van der Waals surface area contributed by atoms with E-state index in [1.54, 1.807) is 52.4 Å². The molecule has 5 heterocycles. The SMILES string of the molecule is CC[C@H]1OC(=O)[C@H](C)C(=O)[C@H](C)[C@@H](O[C@@H]2O[C@H](C)C[C@H](N(C)C)[C@H]2O)[C@@]2(C)C[C@@H](C)C(=NC(C)=O)[C@H](C)[C@H](OC/C(=N\Oc3ccc(-c4cnccn4)s3)CO2)[C@]1(C)O. The van der Waals surface area contributed by atoms with E-state index in [9.17, 15) is 24.6 Å². The summed E-state index contributed by atoms with van der Waals surface area (Å²) in [6, 6.07) is 3.27. The molecule has 5 rings (SSSR count). The topological polar surface area (TPSA) is 201 Å². The molecule has 2 bridgehead atoms. The summed E-state index contributed by atoms with van der Waals surface area (Å²) in [6.07, 6.45) is -0.319. The minimum absolute atomic E-state index is 0.132. The largest absolute Gasteiger partial charge is 0.459 e. The van der Waals surface area contributed by atoms with Crippen LogP contribution < -0.4 is 4.84 Å². The molecule has 0 unspecified atom stereocenters. The zero-order valence-electron chi connectivity index (χ0n) is 36.0. The lowest BCUT2D eigenvalue weighted by atomic mass is 9.73. The second-order valence-electron chi connectivity index (χ2n) is 16.8. The smallest absolute Gasteiger partial charge is 0.316 e. The third kappa shape index (κ3) is 10.7. The second kappa shape index (κ2) is 19.4. The number of cyclic esters (lactones) is 1. The molecule has 3 aliphatic heterocycles. The Morgan fingerprint density at radius 1 is 1.08 bits per heavy atom. The maximum Gasteiger partial charge on any atom is 0.316 e. The molecule has 2 N–H and O–H groups in total. The average molecular weight is 844 g/mol. The van der Waals surface area contributed by atoms with Gasteiger partial charge in [-0.15, -0.1) is 0 Å². The van der Waals surface area contributed by atoms with Crippen LogP contribution in [-0.4, -0.2) is 136 Å². The van der Waals surface area contributed by atoms with Crippen molar-refractivity contribution in [1.29, 1.82) is 0 Å². The summed E-state index contributed by atoms with van der Waals surface area (Å²) >= 11 is 1.31. The highest BCUT2D eigenvalue weighted by Crippen LogP contribution is 2.40. The Labute approximate surface area is 350 Å². The first kappa shape index (κ1) is 46.5. The van der Waals surface area contributed by atoms with Gasteiger partial charge in [-0.2, -0.15) is 0 Å². The Hall–Kier alpha value is -3.55. The van der Waals surface area contributed by atoms with Crippen molar-refractivity contribution in [2.45, 2.75) is 136 Å². The fourth-order valence-corrected chi connectivity index (χ4v) is 9.42. The van der Waals surface area contributed by atoms with E-state index in [1.807, 2.05) is 38.9 Å². The molecule has 3 fully saturated rings. The number of Topliss-reactive ketones (excluding diaryl/α,β-unsaturated/α-hetero) is 1. The number of hydrogen-bond acceptors (Lipinski definition) is 16. The molecule has 0 radical (unpaired) electrons. The third-order valence-electron chi connectivity index (χ3n) is 11.8. The number of hydrogen-bond donors (Lipinski definition) is 2. The van der Waals surface area contributed by atoms with Gasteiger partial charge in [0.2, 0.25) is 11.0 Å². The molecule has 0 aliphatic carbocycles. The maximum absolute atomic E-state index is 14.5. The Balaban J connectivity index is 1.68. The lowest BCUT2D eigenvalue weighted by Crippen LogP contribution is -2.60. The predicted octanol–water partition coefficient (Wildman–Crippen LogP) is 4.50. The van der Waals surface area contributed by atoms with E-state index in [0.717, 1.165) is 4.88 Å². The number of esters is 1. The first-order valence-corrected chi connectivity index (χ1v) is 21.1. The lowest BCUT2D eigenvalue weighted by Gasteiger charge is -2.47. The number of ether oxygens (including phenoxy) is 5. The van der Waals surface area contributed by atoms with E-state index in [2.05, 4.69) is 20.1 Å². The second-order valence-corrected chi connectivity index (χ2v) is 17.9. The van der Waals surface area contributed by atoms with Gasteiger partial charge in [0, 0.05) is 42.9 Å². The van der Waals surface area contributed by atoms with Gasteiger partial charge in [0.05, 0.1) is 53.9 Å². The number of ketones is 1. The summed E-state index contributed by atoms with van der Waals surface area (Å²) in [5.74, 6) is -5.35. The highest BCUT2D eigenvalue weighted by atomic mass is 32.1. The summed E-state index contributed by atoms with van der Waals surface area (Å²) in [5, 5.41) is 29.0. The van der Waals surface area contributed by atoms with Crippen molar-refractivity contribution in [3.05, 3.63) is 30.7 Å². The van der Waals surface area contributed by atoms with Gasteiger partial charge in [-0.05, 0) is 79.1 Å². The zero-order chi connectivity index (χ0) is 43.4. The highest BCUT2D eigenvalue weighted by Gasteiger charge is 2.53. The van der Waals surface area contributed by atoms with Gasteiger partial charge in [0.25, 0.3) is 0 Å². The molecular formula is C42H61N5O11S. The minimum Gasteiger partial charge on any atom is -0.459 e. The molecular weight excluding hydrogens is 783 g/mol. The van der Waals surface area contributed by atoms with Gasteiger partial charge in [-0.1, -0.05) is 44.2 Å². The normalized spacial score (nSPS) is 38.0. The van der Waals surface area contributed by atoms with Gasteiger partial charge in [0.15, 0.2) is 12.1 Å². The van der Waals surface area contributed by atoms with Crippen LogP contribution in [0.4, 0.5) is 0 Å². The molecule has 16 nitrogen and oxygen atoms in total. The Bertz CT molecular complexity index is 1840. The van der Waals surface area contributed by atoms with Crippen LogP contribution in [0.2, 0.25) is 0 Å². The number of amides is 1. The fraction of sp³-hybridized carbons (Fsp3) is 0.690. The van der Waals surface area contributed by atoms with Crippen LogP contribution in [0.25, 0.3) is 10.6 Å². The summed E-state index contributed by atoms with van der Waals surface area (Å²) in [7, 11) is 3.73. The average Bonchev–Trinajstić information content (AvgIpc) is 3.67. The summed E-state index contributed by atoms with van der Waals surface area (Å²) in [5.41, 5.74) is -1.92. The summed E-state index contributed by atoms with van der Waals surface area (Å²) < 4.78 is 32.5. The summed E-state index contributed by atoms with van der Waals surface area (Å²) in [4.78, 5) is 62.9. The van der Waals surface area contributed by atoms with Crippen LogP contribution in [0.3, 0.4) is 0 Å². The van der Waals surface area contributed by atoms with Crippen molar-refractivity contribution >= 4 is 40.4 Å². The first-order chi connectivity index (χ1) is 27.8. The Kier molecular flexibility index (Phi) is 15.3. The van der Waals surface area contributed by atoms with Gasteiger partial charge in [-0.3, -0.25) is 24.4 Å². The van der Waals surface area contributed by atoms with E-state index >= 15 is 0 Å². The number of oxime groups is 1. The monoisotopic (exact) mass is 843 g/mol. The number of aliphatic hydroxyl groups is 2. The minimum atomic E-state index is -1.86. The molecule has 17 heteroatoms. The van der Waals surface area contributed by atoms with Crippen molar-refractivity contribution in [1.82, 2.24) is 14.9 Å². The van der Waals surface area contributed by atoms with E-state index < -0.39 is 83.2 Å². The molecule has 0 aromatic carbocycles. The zero-order valence-corrected chi connectivity index (χ0v) is 36.8.